The quantitative estimate of drug-likeness (QED) is 0.0661. The van der Waals surface area contributed by atoms with Crippen LogP contribution in [0.3, 0.4) is 0 Å². The zero-order valence-electron chi connectivity index (χ0n) is 41.2. The maximum atomic E-state index is 14.0. The summed E-state index contributed by atoms with van der Waals surface area (Å²) in [5, 5.41) is 14.0. The lowest BCUT2D eigenvalue weighted by Crippen LogP contribution is -2.56. The number of urea groups is 1. The van der Waals surface area contributed by atoms with Gasteiger partial charge in [-0.05, 0) is 98.1 Å². The molecule has 8 rings (SSSR count). The van der Waals surface area contributed by atoms with E-state index in [1.807, 2.05) is 69.2 Å². The van der Waals surface area contributed by atoms with Gasteiger partial charge >= 0.3 is 18.2 Å². The van der Waals surface area contributed by atoms with Gasteiger partial charge in [-0.15, -0.1) is 0 Å². The Morgan fingerprint density at radius 1 is 0.875 bits per heavy atom. The molecule has 3 aliphatic rings. The summed E-state index contributed by atoms with van der Waals surface area (Å²) in [6.45, 7) is 7.35. The maximum absolute atomic E-state index is 14.0. The molecular weight excluding hydrogens is 925 g/mol. The summed E-state index contributed by atoms with van der Waals surface area (Å²) >= 11 is 0. The first kappa shape index (κ1) is 51.0. The van der Waals surface area contributed by atoms with Crippen LogP contribution in [0.15, 0.2) is 83.3 Å². The van der Waals surface area contributed by atoms with Crippen molar-refractivity contribution >= 4 is 69.1 Å². The number of likely N-dealkylation sites (N-methyl/N-ethyl adjacent to an activating group) is 1. The average molecular weight is 989 g/mol. The monoisotopic (exact) mass is 988 g/mol. The largest absolute Gasteiger partial charge is 0.492 e. The van der Waals surface area contributed by atoms with E-state index in [4.69, 9.17) is 30.1 Å². The number of amides is 7. The Morgan fingerprint density at radius 2 is 1.60 bits per heavy atom. The average Bonchev–Trinajstić information content (AvgIpc) is 3.64. The summed E-state index contributed by atoms with van der Waals surface area (Å²) in [6.07, 6.45) is 0.298. The number of anilines is 2. The molecule has 382 valence electrons. The maximum Gasteiger partial charge on any atom is 0.415 e. The molecule has 5 aromatic rings. The van der Waals surface area contributed by atoms with Crippen molar-refractivity contribution in [1.29, 1.82) is 0 Å². The molecular formula is C52H64N10O10. The van der Waals surface area contributed by atoms with E-state index in [0.29, 0.717) is 79.5 Å². The normalized spacial score (nSPS) is 17.7. The van der Waals surface area contributed by atoms with Crippen LogP contribution in [-0.4, -0.2) is 142 Å². The minimum absolute atomic E-state index is 0.0366. The minimum atomic E-state index is -1.19. The number of hydrogen-bond acceptors (Lipinski definition) is 13. The van der Waals surface area contributed by atoms with E-state index in [-0.39, 0.29) is 74.6 Å². The molecule has 1 aromatic heterocycles. The van der Waals surface area contributed by atoms with Crippen molar-refractivity contribution in [2.75, 3.05) is 89.8 Å². The fraction of sp³-hybridized carbons (Fsp3) is 0.423. The lowest BCUT2D eigenvalue weighted by molar-refractivity contribution is -0.129. The van der Waals surface area contributed by atoms with Gasteiger partial charge in [-0.2, -0.15) is 0 Å². The number of nitrogens with two attached hydrogens (primary N) is 2. The predicted octanol–water partition coefficient (Wildman–Crippen LogP) is 4.63. The highest BCUT2D eigenvalue weighted by atomic mass is 16.6. The van der Waals surface area contributed by atoms with Gasteiger partial charge in [0.2, 0.25) is 11.8 Å². The minimum Gasteiger partial charge on any atom is -0.492 e. The Hall–Kier alpha value is -7.42. The van der Waals surface area contributed by atoms with E-state index < -0.39 is 29.8 Å². The van der Waals surface area contributed by atoms with Gasteiger partial charge in [0.15, 0.2) is 5.76 Å². The fourth-order valence-corrected chi connectivity index (χ4v) is 9.32. The zero-order valence-corrected chi connectivity index (χ0v) is 41.2. The van der Waals surface area contributed by atoms with E-state index in [0.717, 1.165) is 28.3 Å². The predicted molar refractivity (Wildman–Crippen MR) is 271 cm³/mol. The second-order valence-electron chi connectivity index (χ2n) is 19.0. The van der Waals surface area contributed by atoms with Crippen molar-refractivity contribution in [2.45, 2.75) is 51.3 Å². The Bertz CT molecular complexity index is 2810. The second kappa shape index (κ2) is 22.3. The molecule has 2 aliphatic heterocycles. The first-order valence-electron chi connectivity index (χ1n) is 24.4. The van der Waals surface area contributed by atoms with Crippen molar-refractivity contribution < 1.29 is 47.4 Å². The lowest BCUT2D eigenvalue weighted by Gasteiger charge is -2.33. The highest BCUT2D eigenvalue weighted by molar-refractivity contribution is 6.10. The summed E-state index contributed by atoms with van der Waals surface area (Å²) in [5.41, 5.74) is 13.1. The summed E-state index contributed by atoms with van der Waals surface area (Å²) in [6, 6.07) is 22.2. The molecule has 0 bridgehead atoms. The first-order valence-corrected chi connectivity index (χ1v) is 24.4. The molecule has 1 saturated carbocycles. The van der Waals surface area contributed by atoms with E-state index in [9.17, 15) is 28.8 Å². The van der Waals surface area contributed by atoms with Crippen LogP contribution >= 0.6 is 0 Å². The molecule has 2 fully saturated rings. The number of benzene rings is 4. The van der Waals surface area contributed by atoms with Crippen LogP contribution in [0.5, 0.6) is 11.5 Å². The van der Waals surface area contributed by atoms with Gasteiger partial charge in [-0.3, -0.25) is 14.4 Å². The number of rotatable bonds is 19. The molecule has 1 saturated heterocycles. The van der Waals surface area contributed by atoms with Crippen LogP contribution in [0.4, 0.5) is 25.8 Å². The standard InChI is InChI=1S/C52H64N10O10/c1-32(2)45(55-19-17-53)46(63)58-52(30-35(52)15-18-56-49(54)66)48(65)57-36-11-9-33(10-12-36)31-70-50(67)60-21-23-61(24-22-60)51(68)72-43-29-41-39(38-7-5-6-8-40(38)43)16-20-62(41)47(64)44-28-34-27-37(13-14-42(34)71-44)69-26-25-59(3)4/h5-14,27-29,32,35,45,55H,15-26,30-31,53H2,1-4H3,(H,57,65)(H,58,63)(H3,54,56,66). The topological polar surface area (TPSA) is 256 Å². The Labute approximate surface area is 417 Å². The van der Waals surface area contributed by atoms with Crippen molar-refractivity contribution in [3.8, 4) is 11.5 Å². The van der Waals surface area contributed by atoms with Crippen molar-refractivity contribution in [1.82, 2.24) is 30.7 Å². The lowest BCUT2D eigenvalue weighted by atomic mass is 10.0. The van der Waals surface area contributed by atoms with Crippen molar-refractivity contribution in [2.24, 2.45) is 23.3 Å². The third-order valence-electron chi connectivity index (χ3n) is 13.4. The molecule has 4 aromatic carbocycles. The van der Waals surface area contributed by atoms with Gasteiger partial charge < -0.3 is 71.0 Å². The van der Waals surface area contributed by atoms with Gasteiger partial charge in [0.05, 0.1) is 11.7 Å². The Kier molecular flexibility index (Phi) is 15.8. The molecule has 7 amide bonds. The van der Waals surface area contributed by atoms with E-state index >= 15 is 0 Å². The van der Waals surface area contributed by atoms with Gasteiger partial charge in [-0.1, -0.05) is 50.2 Å². The molecule has 0 spiro atoms. The number of piperazine rings is 1. The SMILES string of the molecule is CC(C)C(NCCN)C(=O)NC1(C(=O)Nc2ccc(COC(=O)N3CCN(C(=O)Oc4cc5c(c6ccccc46)CCN5C(=O)c4cc5cc(OCCN(C)C)ccc5o4)CC3)cc2)CC1CCNC(N)=O. The summed E-state index contributed by atoms with van der Waals surface area (Å²) in [7, 11) is 3.96. The molecule has 3 unspecified atom stereocenters. The summed E-state index contributed by atoms with van der Waals surface area (Å²) < 4.78 is 23.6. The van der Waals surface area contributed by atoms with Crippen molar-refractivity contribution in [3.05, 3.63) is 95.7 Å². The highest BCUT2D eigenvalue weighted by Gasteiger charge is 2.61. The number of primary amides is 1. The second-order valence-corrected chi connectivity index (χ2v) is 19.0. The fourth-order valence-electron chi connectivity index (χ4n) is 9.32. The Balaban J connectivity index is 0.840. The highest BCUT2D eigenvalue weighted by Crippen LogP contribution is 2.47. The molecule has 3 heterocycles. The molecule has 3 atom stereocenters. The van der Waals surface area contributed by atoms with Gasteiger partial charge in [0.25, 0.3) is 5.91 Å². The third-order valence-corrected chi connectivity index (χ3v) is 13.4. The molecule has 1 aliphatic carbocycles. The van der Waals surface area contributed by atoms with Crippen LogP contribution in [0.2, 0.25) is 0 Å². The van der Waals surface area contributed by atoms with E-state index in [1.165, 1.54) is 9.80 Å². The number of furan rings is 1. The summed E-state index contributed by atoms with van der Waals surface area (Å²) in [5.74, 6) is -0.128. The molecule has 20 heteroatoms. The summed E-state index contributed by atoms with van der Waals surface area (Å²) in [4.78, 5) is 86.3. The van der Waals surface area contributed by atoms with Crippen molar-refractivity contribution in [3.63, 3.8) is 0 Å². The Morgan fingerprint density at radius 3 is 2.29 bits per heavy atom. The van der Waals surface area contributed by atoms with Gasteiger partial charge in [-0.25, -0.2) is 14.4 Å². The number of ether oxygens (including phenoxy) is 3. The number of fused-ring (bicyclic) bond motifs is 4. The van der Waals surface area contributed by atoms with Gasteiger partial charge in [0.1, 0.15) is 35.8 Å². The van der Waals surface area contributed by atoms with Gasteiger partial charge in [0, 0.05) is 81.4 Å². The van der Waals surface area contributed by atoms with E-state index in [2.05, 4.69) is 21.3 Å². The number of hydrogen-bond donors (Lipinski definition) is 6. The van der Waals surface area contributed by atoms with Crippen LogP contribution in [0.1, 0.15) is 48.4 Å². The van der Waals surface area contributed by atoms with E-state index in [1.54, 1.807) is 47.4 Å². The molecule has 72 heavy (non-hydrogen) atoms. The third kappa shape index (κ3) is 11.7. The smallest absolute Gasteiger partial charge is 0.415 e. The molecule has 0 radical (unpaired) electrons. The van der Waals surface area contributed by atoms with Crippen LogP contribution in [0.25, 0.3) is 21.7 Å². The van der Waals surface area contributed by atoms with Crippen LogP contribution in [0, 0.1) is 11.8 Å². The number of nitrogens with one attached hydrogen (secondary N) is 4. The molecule has 8 N–H and O–H groups in total. The first-order chi connectivity index (χ1) is 34.6. The molecule has 20 nitrogen and oxygen atoms in total. The zero-order chi connectivity index (χ0) is 51.1. The van der Waals surface area contributed by atoms with Crippen LogP contribution in [-0.2, 0) is 27.4 Å². The number of carbonyl (C=O) groups is 6. The number of nitrogens with zero attached hydrogens (tertiary/aromatic N) is 4. The van der Waals surface area contributed by atoms with Crippen LogP contribution < -0.4 is 47.1 Å². The number of carbonyl (C=O) groups excluding carboxylic acids is 6.